The van der Waals surface area contributed by atoms with E-state index in [1.54, 1.807) is 25.2 Å². The van der Waals surface area contributed by atoms with Crippen molar-refractivity contribution in [2.24, 2.45) is 7.05 Å². The van der Waals surface area contributed by atoms with Crippen LogP contribution in [0.15, 0.2) is 22.7 Å². The summed E-state index contributed by atoms with van der Waals surface area (Å²) >= 11 is 3.33. The van der Waals surface area contributed by atoms with Gasteiger partial charge in [0.25, 0.3) is 5.91 Å². The molecule has 0 aliphatic heterocycles. The van der Waals surface area contributed by atoms with Crippen molar-refractivity contribution in [3.8, 4) is 6.07 Å². The lowest BCUT2D eigenvalue weighted by atomic mass is 10.2. The van der Waals surface area contributed by atoms with Crippen LogP contribution in [0.4, 0.5) is 11.4 Å². The van der Waals surface area contributed by atoms with Gasteiger partial charge in [-0.25, -0.2) is 0 Å². The molecule has 108 valence electrons. The lowest BCUT2D eigenvalue weighted by Gasteiger charge is -2.08. The molecule has 0 aliphatic rings. The van der Waals surface area contributed by atoms with Crippen molar-refractivity contribution in [1.29, 1.82) is 5.26 Å². The third-order valence-corrected chi connectivity index (χ3v) is 3.71. The van der Waals surface area contributed by atoms with Gasteiger partial charge in [-0.2, -0.15) is 10.4 Å². The van der Waals surface area contributed by atoms with Crippen molar-refractivity contribution >= 4 is 33.2 Å². The molecule has 1 aromatic carbocycles. The van der Waals surface area contributed by atoms with E-state index in [2.05, 4.69) is 26.3 Å². The van der Waals surface area contributed by atoms with Crippen LogP contribution in [0.2, 0.25) is 0 Å². The standard InChI is InChI=1S/C14H14BrN5O/c1-3-10-12(17)13(20(2)19-10)14(21)18-11-5-4-8(7-16)6-9(11)15/h4-6H,3,17H2,1-2H3,(H,18,21). The third kappa shape index (κ3) is 2.90. The highest BCUT2D eigenvalue weighted by atomic mass is 79.9. The van der Waals surface area contributed by atoms with Gasteiger partial charge in [-0.15, -0.1) is 0 Å². The number of nitrogen functional groups attached to an aromatic ring is 1. The monoisotopic (exact) mass is 347 g/mol. The predicted octanol–water partition coefficient (Wildman–Crippen LogP) is 2.45. The zero-order valence-electron chi connectivity index (χ0n) is 11.6. The maximum Gasteiger partial charge on any atom is 0.276 e. The lowest BCUT2D eigenvalue weighted by Crippen LogP contribution is -2.18. The van der Waals surface area contributed by atoms with Gasteiger partial charge in [0.15, 0.2) is 0 Å². The van der Waals surface area contributed by atoms with E-state index in [1.807, 2.05) is 13.0 Å². The normalized spacial score (nSPS) is 10.2. The lowest BCUT2D eigenvalue weighted by molar-refractivity contribution is 0.101. The fourth-order valence-corrected chi connectivity index (χ4v) is 2.47. The highest BCUT2D eigenvalue weighted by molar-refractivity contribution is 9.10. The summed E-state index contributed by atoms with van der Waals surface area (Å²) in [7, 11) is 1.68. The summed E-state index contributed by atoms with van der Waals surface area (Å²) in [6.07, 6.45) is 0.660. The molecule has 0 fully saturated rings. The van der Waals surface area contributed by atoms with E-state index in [4.69, 9.17) is 11.0 Å². The molecule has 21 heavy (non-hydrogen) atoms. The Morgan fingerprint density at radius 2 is 2.29 bits per heavy atom. The Bertz CT molecular complexity index is 745. The number of aromatic nitrogens is 2. The summed E-state index contributed by atoms with van der Waals surface area (Å²) in [5.74, 6) is -0.340. The van der Waals surface area contributed by atoms with E-state index in [0.717, 1.165) is 0 Å². The molecular weight excluding hydrogens is 334 g/mol. The van der Waals surface area contributed by atoms with Crippen molar-refractivity contribution < 1.29 is 4.79 Å². The summed E-state index contributed by atoms with van der Waals surface area (Å²) in [6, 6.07) is 6.96. The largest absolute Gasteiger partial charge is 0.395 e. The SMILES string of the molecule is CCc1nn(C)c(C(=O)Nc2ccc(C#N)cc2Br)c1N. The number of aryl methyl sites for hydroxylation is 2. The van der Waals surface area contributed by atoms with Gasteiger partial charge < -0.3 is 11.1 Å². The van der Waals surface area contributed by atoms with Crippen LogP contribution < -0.4 is 11.1 Å². The van der Waals surface area contributed by atoms with Crippen LogP contribution in [0.1, 0.15) is 28.7 Å². The quantitative estimate of drug-likeness (QED) is 0.890. The maximum atomic E-state index is 12.4. The van der Waals surface area contributed by atoms with Crippen LogP contribution in [0, 0.1) is 11.3 Å². The smallest absolute Gasteiger partial charge is 0.276 e. The van der Waals surface area contributed by atoms with Gasteiger partial charge in [-0.3, -0.25) is 9.48 Å². The van der Waals surface area contributed by atoms with Crippen molar-refractivity contribution in [2.45, 2.75) is 13.3 Å². The number of rotatable bonds is 3. The molecule has 0 unspecified atom stereocenters. The number of halogens is 1. The summed E-state index contributed by atoms with van der Waals surface area (Å²) in [4.78, 5) is 12.4. The molecule has 1 aromatic heterocycles. The molecule has 2 rings (SSSR count). The molecular formula is C14H14BrN5O. The minimum Gasteiger partial charge on any atom is -0.395 e. The molecule has 0 radical (unpaired) electrons. The minimum atomic E-state index is -0.340. The Morgan fingerprint density at radius 1 is 1.57 bits per heavy atom. The molecule has 1 amide bonds. The topological polar surface area (TPSA) is 96.7 Å². The Kier molecular flexibility index (Phi) is 4.29. The van der Waals surface area contributed by atoms with Crippen molar-refractivity contribution in [3.05, 3.63) is 39.6 Å². The first-order valence-corrected chi connectivity index (χ1v) is 7.09. The van der Waals surface area contributed by atoms with E-state index >= 15 is 0 Å². The van der Waals surface area contributed by atoms with Crippen LogP contribution in [0.5, 0.6) is 0 Å². The summed E-state index contributed by atoms with van der Waals surface area (Å²) in [5, 5.41) is 15.8. The number of hydrogen-bond acceptors (Lipinski definition) is 4. The molecule has 0 atom stereocenters. The number of nitrogens with zero attached hydrogens (tertiary/aromatic N) is 3. The summed E-state index contributed by atoms with van der Waals surface area (Å²) in [6.45, 7) is 1.93. The Labute approximate surface area is 130 Å². The predicted molar refractivity (Wildman–Crippen MR) is 83.8 cm³/mol. The molecule has 6 nitrogen and oxygen atoms in total. The first-order chi connectivity index (χ1) is 9.97. The first kappa shape index (κ1) is 15.1. The van der Waals surface area contributed by atoms with Gasteiger partial charge in [0, 0.05) is 11.5 Å². The van der Waals surface area contributed by atoms with E-state index in [-0.39, 0.29) is 5.91 Å². The molecule has 0 bridgehead atoms. The maximum absolute atomic E-state index is 12.4. The number of anilines is 2. The average Bonchev–Trinajstić information content (AvgIpc) is 2.75. The Morgan fingerprint density at radius 3 is 2.81 bits per heavy atom. The van der Waals surface area contributed by atoms with Crippen LogP contribution in [0.3, 0.4) is 0 Å². The van der Waals surface area contributed by atoms with Crippen molar-refractivity contribution in [1.82, 2.24) is 9.78 Å². The fourth-order valence-electron chi connectivity index (χ4n) is 1.99. The van der Waals surface area contributed by atoms with Gasteiger partial charge >= 0.3 is 0 Å². The Balaban J connectivity index is 2.31. The molecule has 2 aromatic rings. The number of nitrogens with one attached hydrogen (secondary N) is 1. The van der Waals surface area contributed by atoms with E-state index in [9.17, 15) is 4.79 Å². The fraction of sp³-hybridized carbons (Fsp3) is 0.214. The molecule has 0 saturated heterocycles. The molecule has 0 aliphatic carbocycles. The molecule has 0 saturated carbocycles. The number of carbonyl (C=O) groups is 1. The zero-order valence-corrected chi connectivity index (χ0v) is 13.2. The number of amides is 1. The molecule has 3 N–H and O–H groups in total. The van der Waals surface area contributed by atoms with E-state index < -0.39 is 0 Å². The number of hydrogen-bond donors (Lipinski definition) is 2. The third-order valence-electron chi connectivity index (χ3n) is 3.06. The Hall–Kier alpha value is -2.33. The summed E-state index contributed by atoms with van der Waals surface area (Å²) in [5.41, 5.74) is 8.44. The second-order valence-electron chi connectivity index (χ2n) is 4.45. The zero-order chi connectivity index (χ0) is 15.6. The average molecular weight is 348 g/mol. The van der Waals surface area contributed by atoms with E-state index in [1.165, 1.54) is 4.68 Å². The van der Waals surface area contributed by atoms with Crippen LogP contribution in [-0.2, 0) is 13.5 Å². The number of carbonyl (C=O) groups excluding carboxylic acids is 1. The van der Waals surface area contributed by atoms with Gasteiger partial charge in [0.1, 0.15) is 5.69 Å². The highest BCUT2D eigenvalue weighted by Crippen LogP contribution is 2.25. The first-order valence-electron chi connectivity index (χ1n) is 6.30. The van der Waals surface area contributed by atoms with Crippen LogP contribution >= 0.6 is 15.9 Å². The second kappa shape index (κ2) is 5.97. The number of benzene rings is 1. The van der Waals surface area contributed by atoms with Gasteiger partial charge in [0.05, 0.1) is 28.7 Å². The van der Waals surface area contributed by atoms with Crippen LogP contribution in [0.25, 0.3) is 0 Å². The van der Waals surface area contributed by atoms with Gasteiger partial charge in [-0.1, -0.05) is 6.92 Å². The summed E-state index contributed by atoms with van der Waals surface area (Å²) < 4.78 is 2.10. The second-order valence-corrected chi connectivity index (χ2v) is 5.30. The molecule has 1 heterocycles. The minimum absolute atomic E-state index is 0.322. The van der Waals surface area contributed by atoms with Crippen molar-refractivity contribution in [2.75, 3.05) is 11.1 Å². The number of nitriles is 1. The molecule has 0 spiro atoms. The highest BCUT2D eigenvalue weighted by Gasteiger charge is 2.19. The van der Waals surface area contributed by atoms with Crippen molar-refractivity contribution in [3.63, 3.8) is 0 Å². The van der Waals surface area contributed by atoms with Gasteiger partial charge in [0.2, 0.25) is 0 Å². The van der Waals surface area contributed by atoms with E-state index in [0.29, 0.717) is 39.2 Å². The molecule has 7 heteroatoms. The van der Waals surface area contributed by atoms with Crippen LogP contribution in [-0.4, -0.2) is 15.7 Å². The number of nitrogens with two attached hydrogens (primary N) is 1. The van der Waals surface area contributed by atoms with Gasteiger partial charge in [-0.05, 0) is 40.5 Å².